The Balaban J connectivity index is 1.57. The molecule has 0 fully saturated rings. The van der Waals surface area contributed by atoms with Gasteiger partial charge in [-0.3, -0.25) is 9.89 Å². The van der Waals surface area contributed by atoms with Crippen LogP contribution >= 0.6 is 11.6 Å². The van der Waals surface area contributed by atoms with Gasteiger partial charge in [0.15, 0.2) is 5.65 Å². The highest BCUT2D eigenvalue weighted by atomic mass is 35.5. The van der Waals surface area contributed by atoms with Crippen molar-refractivity contribution in [2.75, 3.05) is 7.11 Å². The molecule has 156 valence electrons. The van der Waals surface area contributed by atoms with E-state index in [1.54, 1.807) is 12.1 Å². The Hall–Kier alpha value is -3.91. The minimum Gasteiger partial charge on any atom is -0.465 e. The molecule has 1 N–H and O–H groups in total. The van der Waals surface area contributed by atoms with Gasteiger partial charge in [-0.1, -0.05) is 54.1 Å². The molecule has 0 atom stereocenters. The molecule has 0 bridgehead atoms. The third-order valence-electron chi connectivity index (χ3n) is 4.58. The third kappa shape index (κ3) is 4.06. The molecule has 0 spiro atoms. The Morgan fingerprint density at radius 3 is 2.58 bits per heavy atom. The number of rotatable bonds is 5. The predicted octanol–water partition coefficient (Wildman–Crippen LogP) is 3.49. The van der Waals surface area contributed by atoms with Crippen LogP contribution in [-0.2, 0) is 16.1 Å². The third-order valence-corrected chi connectivity index (χ3v) is 5.03. The molecule has 0 saturated carbocycles. The summed E-state index contributed by atoms with van der Waals surface area (Å²) in [5.41, 5.74) is 1.86. The molecule has 31 heavy (non-hydrogen) atoms. The lowest BCUT2D eigenvalue weighted by Gasteiger charge is -2.08. The second kappa shape index (κ2) is 8.45. The first-order valence-corrected chi connectivity index (χ1v) is 9.57. The number of nitrogens with zero attached hydrogens (tertiary/aromatic N) is 2. The highest BCUT2D eigenvalue weighted by Gasteiger charge is 2.17. The summed E-state index contributed by atoms with van der Waals surface area (Å²) in [7, 11) is 1.25. The summed E-state index contributed by atoms with van der Waals surface area (Å²) < 4.78 is 11.1. The molecule has 4 aromatic rings. The summed E-state index contributed by atoms with van der Waals surface area (Å²) in [6.07, 6.45) is 0. The van der Waals surface area contributed by atoms with E-state index in [0.29, 0.717) is 11.3 Å². The van der Waals surface area contributed by atoms with Crippen molar-refractivity contribution in [3.63, 3.8) is 0 Å². The number of methoxy groups -OCH3 is 1. The lowest BCUT2D eigenvalue weighted by atomic mass is 10.1. The molecule has 0 unspecified atom stereocenters. The van der Waals surface area contributed by atoms with E-state index in [1.165, 1.54) is 25.3 Å². The quantitative estimate of drug-likeness (QED) is 0.479. The standard InChI is InChI=1S/C22H16ClN3O5/c1-30-21(28)15-9-5-8-14(20(15)23)12-31-22(29)17-10-18-24-16(11-19(27)26(18)25-17)13-6-3-2-4-7-13/h2-11,25H,12H2,1H3. The number of hydrogen-bond acceptors (Lipinski definition) is 6. The maximum Gasteiger partial charge on any atom is 0.356 e. The summed E-state index contributed by atoms with van der Waals surface area (Å²) in [4.78, 5) is 41.1. The number of halogens is 1. The molecule has 9 heteroatoms. The second-order valence-electron chi connectivity index (χ2n) is 6.56. The van der Waals surface area contributed by atoms with Crippen LogP contribution in [0.1, 0.15) is 26.4 Å². The fraction of sp³-hybridized carbons (Fsp3) is 0.0909. The molecule has 0 aliphatic carbocycles. The second-order valence-corrected chi connectivity index (χ2v) is 6.93. The minimum absolute atomic E-state index is 0.0510. The van der Waals surface area contributed by atoms with Crippen molar-refractivity contribution in [3.05, 3.63) is 92.9 Å². The molecular weight excluding hydrogens is 422 g/mol. The Kier molecular flexibility index (Phi) is 5.55. The summed E-state index contributed by atoms with van der Waals surface area (Å²) in [5.74, 6) is -1.29. The molecule has 0 aliphatic heterocycles. The van der Waals surface area contributed by atoms with Crippen molar-refractivity contribution in [2.45, 2.75) is 6.61 Å². The summed E-state index contributed by atoms with van der Waals surface area (Å²) in [6.45, 7) is -0.171. The largest absolute Gasteiger partial charge is 0.465 e. The first-order chi connectivity index (χ1) is 15.0. The van der Waals surface area contributed by atoms with Gasteiger partial charge in [0.1, 0.15) is 12.3 Å². The number of benzene rings is 2. The van der Waals surface area contributed by atoms with E-state index in [4.69, 9.17) is 16.3 Å². The van der Waals surface area contributed by atoms with Gasteiger partial charge in [-0.15, -0.1) is 0 Å². The fourth-order valence-corrected chi connectivity index (χ4v) is 3.29. The van der Waals surface area contributed by atoms with Crippen molar-refractivity contribution in [1.29, 1.82) is 0 Å². The predicted molar refractivity (Wildman–Crippen MR) is 113 cm³/mol. The number of aromatic amines is 1. The van der Waals surface area contributed by atoms with Gasteiger partial charge in [0, 0.05) is 23.3 Å². The van der Waals surface area contributed by atoms with Crippen LogP contribution in [-0.4, -0.2) is 33.6 Å². The number of ether oxygens (including phenoxy) is 2. The Morgan fingerprint density at radius 2 is 1.84 bits per heavy atom. The van der Waals surface area contributed by atoms with Crippen molar-refractivity contribution >= 4 is 29.2 Å². The van der Waals surface area contributed by atoms with Crippen LogP contribution in [0, 0.1) is 0 Å². The normalized spacial score (nSPS) is 10.8. The lowest BCUT2D eigenvalue weighted by molar-refractivity contribution is 0.0465. The number of hydrogen-bond donors (Lipinski definition) is 1. The SMILES string of the molecule is COC(=O)c1cccc(COC(=O)c2cc3nc(-c4ccccc4)cc(=O)n3[nH]2)c1Cl. The molecule has 0 radical (unpaired) electrons. The molecule has 0 amide bonds. The van der Waals surface area contributed by atoms with Crippen LogP contribution in [0.25, 0.3) is 16.9 Å². The van der Waals surface area contributed by atoms with Crippen molar-refractivity contribution in [3.8, 4) is 11.3 Å². The number of H-pyrrole nitrogens is 1. The van der Waals surface area contributed by atoms with Crippen LogP contribution in [0.15, 0.2) is 65.5 Å². The van der Waals surface area contributed by atoms with Gasteiger partial charge in [-0.25, -0.2) is 19.1 Å². The van der Waals surface area contributed by atoms with E-state index in [9.17, 15) is 14.4 Å². The molecule has 2 aromatic heterocycles. The molecular formula is C22H16ClN3O5. The summed E-state index contributed by atoms with van der Waals surface area (Å²) in [5, 5.41) is 2.83. The van der Waals surface area contributed by atoms with E-state index >= 15 is 0 Å². The average molecular weight is 438 g/mol. The molecule has 2 aromatic carbocycles. The van der Waals surface area contributed by atoms with Crippen molar-refractivity contribution < 1.29 is 19.1 Å². The van der Waals surface area contributed by atoms with Crippen LogP contribution in [0.5, 0.6) is 0 Å². The van der Waals surface area contributed by atoms with Gasteiger partial charge in [0.2, 0.25) is 0 Å². The summed E-state index contributed by atoms with van der Waals surface area (Å²) in [6, 6.07) is 16.8. The first-order valence-electron chi connectivity index (χ1n) is 9.19. The summed E-state index contributed by atoms with van der Waals surface area (Å²) >= 11 is 6.22. The number of carbonyl (C=O) groups is 2. The topological polar surface area (TPSA) is 103 Å². The van der Waals surface area contributed by atoms with Gasteiger partial charge in [0.05, 0.1) is 23.4 Å². The van der Waals surface area contributed by atoms with Gasteiger partial charge in [-0.2, -0.15) is 0 Å². The number of nitrogens with one attached hydrogen (secondary N) is 1. The monoisotopic (exact) mass is 437 g/mol. The molecule has 4 rings (SSSR count). The van der Waals surface area contributed by atoms with E-state index in [1.807, 2.05) is 30.3 Å². The number of carbonyl (C=O) groups excluding carboxylic acids is 2. The average Bonchev–Trinajstić information content (AvgIpc) is 3.23. The van der Waals surface area contributed by atoms with Crippen LogP contribution in [0.2, 0.25) is 5.02 Å². The van der Waals surface area contributed by atoms with Crippen molar-refractivity contribution in [1.82, 2.24) is 14.6 Å². The molecule has 2 heterocycles. The molecule has 8 nitrogen and oxygen atoms in total. The maximum atomic E-state index is 12.5. The zero-order chi connectivity index (χ0) is 22.0. The number of esters is 2. The zero-order valence-electron chi connectivity index (χ0n) is 16.3. The highest BCUT2D eigenvalue weighted by Crippen LogP contribution is 2.23. The Labute approximate surface area is 181 Å². The van der Waals surface area contributed by atoms with Crippen LogP contribution in [0.3, 0.4) is 0 Å². The fourth-order valence-electron chi connectivity index (χ4n) is 3.03. The van der Waals surface area contributed by atoms with Crippen LogP contribution < -0.4 is 5.56 Å². The smallest absolute Gasteiger partial charge is 0.356 e. The minimum atomic E-state index is -0.703. The number of fused-ring (bicyclic) bond motifs is 1. The zero-order valence-corrected chi connectivity index (χ0v) is 17.1. The van der Waals surface area contributed by atoms with Crippen molar-refractivity contribution in [2.24, 2.45) is 0 Å². The van der Waals surface area contributed by atoms with E-state index < -0.39 is 11.9 Å². The first kappa shape index (κ1) is 20.4. The van der Waals surface area contributed by atoms with E-state index in [2.05, 4.69) is 14.8 Å². The van der Waals surface area contributed by atoms with Crippen LogP contribution in [0.4, 0.5) is 0 Å². The van der Waals surface area contributed by atoms with E-state index in [-0.39, 0.29) is 34.1 Å². The lowest BCUT2D eigenvalue weighted by Crippen LogP contribution is -2.15. The van der Waals surface area contributed by atoms with Gasteiger partial charge in [0.25, 0.3) is 5.56 Å². The van der Waals surface area contributed by atoms with Gasteiger partial charge < -0.3 is 9.47 Å². The Morgan fingerprint density at radius 1 is 1.06 bits per heavy atom. The maximum absolute atomic E-state index is 12.5. The van der Waals surface area contributed by atoms with Gasteiger partial charge in [-0.05, 0) is 6.07 Å². The van der Waals surface area contributed by atoms with Gasteiger partial charge >= 0.3 is 11.9 Å². The Bertz CT molecular complexity index is 1340. The molecule has 0 aliphatic rings. The van der Waals surface area contributed by atoms with E-state index in [0.717, 1.165) is 10.1 Å². The number of aromatic nitrogens is 3. The molecule has 0 saturated heterocycles. The highest BCUT2D eigenvalue weighted by molar-refractivity contribution is 6.34.